The van der Waals surface area contributed by atoms with Crippen molar-refractivity contribution in [2.24, 2.45) is 0 Å². The van der Waals surface area contributed by atoms with Crippen LogP contribution in [-0.4, -0.2) is 21.0 Å². The first-order chi connectivity index (χ1) is 15.6. The van der Waals surface area contributed by atoms with Crippen molar-refractivity contribution in [2.45, 2.75) is 13.5 Å². The van der Waals surface area contributed by atoms with Crippen LogP contribution in [0.4, 0.5) is 5.69 Å². The number of rotatable bonds is 4. The van der Waals surface area contributed by atoms with Crippen molar-refractivity contribution < 1.29 is 18.6 Å². The molecule has 0 amide bonds. The molecule has 0 fully saturated rings. The van der Waals surface area contributed by atoms with Crippen molar-refractivity contribution >= 4 is 16.7 Å². The number of fused-ring (bicyclic) bond motifs is 2. The third-order valence-electron chi connectivity index (χ3n) is 5.83. The van der Waals surface area contributed by atoms with E-state index in [4.69, 9.17) is 18.6 Å². The highest BCUT2D eigenvalue weighted by Gasteiger charge is 2.25. The molecular formula is C26H23NO5. The molecule has 0 bridgehead atoms. The van der Waals surface area contributed by atoms with Crippen molar-refractivity contribution in [3.8, 4) is 28.4 Å². The van der Waals surface area contributed by atoms with E-state index in [1.165, 1.54) is 0 Å². The summed E-state index contributed by atoms with van der Waals surface area (Å²) >= 11 is 0. The minimum Gasteiger partial charge on any atom is -0.497 e. The molecule has 0 saturated carbocycles. The summed E-state index contributed by atoms with van der Waals surface area (Å²) in [5.41, 5.74) is 4.71. The molecule has 0 N–H and O–H groups in total. The minimum absolute atomic E-state index is 0.339. The van der Waals surface area contributed by atoms with E-state index < -0.39 is 0 Å². The summed E-state index contributed by atoms with van der Waals surface area (Å²) in [6.07, 6.45) is 0. The predicted molar refractivity (Wildman–Crippen MR) is 124 cm³/mol. The summed E-state index contributed by atoms with van der Waals surface area (Å²) < 4.78 is 22.7. The number of hydrogen-bond acceptors (Lipinski definition) is 6. The molecule has 0 aliphatic carbocycles. The summed E-state index contributed by atoms with van der Waals surface area (Å²) in [4.78, 5) is 14.4. The Kier molecular flexibility index (Phi) is 4.98. The molecule has 3 aromatic carbocycles. The Morgan fingerprint density at radius 2 is 1.78 bits per heavy atom. The molecule has 0 radical (unpaired) electrons. The molecule has 6 nitrogen and oxygen atoms in total. The molecular weight excluding hydrogens is 406 g/mol. The van der Waals surface area contributed by atoms with Crippen LogP contribution < -0.4 is 24.7 Å². The lowest BCUT2D eigenvalue weighted by Crippen LogP contribution is -2.32. The van der Waals surface area contributed by atoms with E-state index in [1.807, 2.05) is 55.5 Å². The third-order valence-corrected chi connectivity index (χ3v) is 5.83. The molecule has 1 aliphatic heterocycles. The molecule has 0 spiro atoms. The van der Waals surface area contributed by atoms with Gasteiger partial charge in [-0.3, -0.25) is 0 Å². The molecule has 1 aromatic heterocycles. The van der Waals surface area contributed by atoms with Crippen LogP contribution in [0, 0.1) is 6.92 Å². The Hall–Kier alpha value is -3.93. The monoisotopic (exact) mass is 429 g/mol. The minimum atomic E-state index is -0.377. The van der Waals surface area contributed by atoms with Gasteiger partial charge in [-0.1, -0.05) is 30.3 Å². The van der Waals surface area contributed by atoms with Crippen LogP contribution in [-0.2, 0) is 6.54 Å². The average Bonchev–Trinajstić information content (AvgIpc) is 2.84. The van der Waals surface area contributed by atoms with Crippen LogP contribution in [0.15, 0.2) is 69.9 Å². The molecule has 0 atom stereocenters. The van der Waals surface area contributed by atoms with E-state index in [9.17, 15) is 4.79 Å². The van der Waals surface area contributed by atoms with E-state index in [1.54, 1.807) is 20.3 Å². The molecule has 32 heavy (non-hydrogen) atoms. The van der Waals surface area contributed by atoms with Crippen LogP contribution in [0.5, 0.6) is 17.2 Å². The zero-order valence-corrected chi connectivity index (χ0v) is 18.2. The number of aryl methyl sites for hydroxylation is 1. The van der Waals surface area contributed by atoms with Gasteiger partial charge in [-0.15, -0.1) is 0 Å². The Balaban J connectivity index is 1.65. The second kappa shape index (κ2) is 7.96. The lowest BCUT2D eigenvalue weighted by molar-refractivity contribution is 0.285. The first-order valence-electron chi connectivity index (χ1n) is 10.3. The molecule has 0 saturated heterocycles. The van der Waals surface area contributed by atoms with Crippen molar-refractivity contribution in [1.29, 1.82) is 0 Å². The highest BCUT2D eigenvalue weighted by molar-refractivity contribution is 5.96. The van der Waals surface area contributed by atoms with E-state index in [-0.39, 0.29) is 5.63 Å². The van der Waals surface area contributed by atoms with Crippen molar-refractivity contribution in [3.63, 3.8) is 0 Å². The summed E-state index contributed by atoms with van der Waals surface area (Å²) in [6, 6.07) is 19.2. The largest absolute Gasteiger partial charge is 0.497 e. The normalized spacial score (nSPS) is 12.9. The van der Waals surface area contributed by atoms with Gasteiger partial charge in [0, 0.05) is 28.6 Å². The van der Waals surface area contributed by atoms with Gasteiger partial charge in [0.1, 0.15) is 22.8 Å². The number of nitrogens with zero attached hydrogens (tertiary/aromatic N) is 1. The van der Waals surface area contributed by atoms with E-state index in [2.05, 4.69) is 11.0 Å². The number of methoxy groups -OCH3 is 2. The lowest BCUT2D eigenvalue weighted by atomic mass is 9.97. The standard InChI is InChI=1S/C26H23NO5/c1-16-25-18(14-27(15-31-25)22-12-19(29-2)9-10-23(22)30-3)11-21-20(13-24(28)32-26(16)21)17-7-5-4-6-8-17/h4-13H,14-15H2,1-3H3. The van der Waals surface area contributed by atoms with Gasteiger partial charge in [-0.2, -0.15) is 0 Å². The quantitative estimate of drug-likeness (QED) is 0.419. The van der Waals surface area contributed by atoms with Gasteiger partial charge >= 0.3 is 5.63 Å². The molecule has 4 aromatic rings. The maximum absolute atomic E-state index is 12.3. The highest BCUT2D eigenvalue weighted by Crippen LogP contribution is 2.41. The van der Waals surface area contributed by atoms with Gasteiger partial charge < -0.3 is 23.5 Å². The van der Waals surface area contributed by atoms with E-state index >= 15 is 0 Å². The molecule has 1 aliphatic rings. The molecule has 5 rings (SSSR count). The highest BCUT2D eigenvalue weighted by atomic mass is 16.5. The SMILES string of the molecule is COc1ccc(OC)c(N2COc3c(cc4c(-c5ccccc5)cc(=O)oc4c3C)C2)c1. The van der Waals surface area contributed by atoms with Crippen molar-refractivity contribution in [3.05, 3.63) is 82.2 Å². The number of hydrogen-bond donors (Lipinski definition) is 0. The van der Waals surface area contributed by atoms with E-state index in [0.29, 0.717) is 18.9 Å². The molecule has 162 valence electrons. The second-order valence-corrected chi connectivity index (χ2v) is 7.72. The van der Waals surface area contributed by atoms with Gasteiger partial charge in [0.2, 0.25) is 0 Å². The second-order valence-electron chi connectivity index (χ2n) is 7.72. The lowest BCUT2D eigenvalue weighted by Gasteiger charge is -2.33. The fourth-order valence-electron chi connectivity index (χ4n) is 4.28. The van der Waals surface area contributed by atoms with E-state index in [0.717, 1.165) is 50.6 Å². The summed E-state index contributed by atoms with van der Waals surface area (Å²) in [7, 11) is 3.29. The van der Waals surface area contributed by atoms with Crippen LogP contribution in [0.2, 0.25) is 0 Å². The number of ether oxygens (including phenoxy) is 3. The number of anilines is 1. The van der Waals surface area contributed by atoms with Crippen molar-refractivity contribution in [1.82, 2.24) is 0 Å². The van der Waals surface area contributed by atoms with Gasteiger partial charge in [-0.05, 0) is 36.2 Å². The van der Waals surface area contributed by atoms with Gasteiger partial charge in [0.25, 0.3) is 0 Å². The summed E-state index contributed by atoms with van der Waals surface area (Å²) in [5.74, 6) is 2.24. The van der Waals surface area contributed by atoms with Crippen LogP contribution in [0.3, 0.4) is 0 Å². The summed E-state index contributed by atoms with van der Waals surface area (Å²) in [6.45, 7) is 2.88. The topological polar surface area (TPSA) is 61.1 Å². The smallest absolute Gasteiger partial charge is 0.336 e. The van der Waals surface area contributed by atoms with Crippen LogP contribution >= 0.6 is 0 Å². The maximum atomic E-state index is 12.3. The summed E-state index contributed by atoms with van der Waals surface area (Å²) in [5, 5.41) is 0.884. The fraction of sp³-hybridized carbons (Fsp3) is 0.192. The first-order valence-corrected chi connectivity index (χ1v) is 10.3. The zero-order chi connectivity index (χ0) is 22.2. The first kappa shape index (κ1) is 20.0. The number of benzene rings is 3. The van der Waals surface area contributed by atoms with Crippen LogP contribution in [0.25, 0.3) is 22.1 Å². The average molecular weight is 429 g/mol. The molecule has 2 heterocycles. The molecule has 6 heteroatoms. The Morgan fingerprint density at radius 3 is 2.53 bits per heavy atom. The van der Waals surface area contributed by atoms with Gasteiger partial charge in [0.05, 0.1) is 26.5 Å². The molecule has 0 unspecified atom stereocenters. The van der Waals surface area contributed by atoms with Gasteiger partial charge in [0.15, 0.2) is 6.73 Å². The van der Waals surface area contributed by atoms with Crippen LogP contribution in [0.1, 0.15) is 11.1 Å². The third kappa shape index (κ3) is 3.34. The fourth-order valence-corrected chi connectivity index (χ4v) is 4.28. The predicted octanol–water partition coefficient (Wildman–Crippen LogP) is 5.14. The Bertz CT molecular complexity index is 1360. The zero-order valence-electron chi connectivity index (χ0n) is 18.2. The van der Waals surface area contributed by atoms with Crippen molar-refractivity contribution in [2.75, 3.05) is 25.9 Å². The van der Waals surface area contributed by atoms with Gasteiger partial charge in [-0.25, -0.2) is 4.79 Å². The Labute approximate surface area is 185 Å². The Morgan fingerprint density at radius 1 is 0.969 bits per heavy atom. The maximum Gasteiger partial charge on any atom is 0.336 e.